The van der Waals surface area contributed by atoms with E-state index in [9.17, 15) is 24.5 Å². The Morgan fingerprint density at radius 3 is 2.47 bits per heavy atom. The fourth-order valence-corrected chi connectivity index (χ4v) is 3.04. The number of hydrazone groups is 1. The lowest BCUT2D eigenvalue weighted by Gasteiger charge is -2.11. The van der Waals surface area contributed by atoms with Gasteiger partial charge in [-0.2, -0.15) is 5.10 Å². The summed E-state index contributed by atoms with van der Waals surface area (Å²) in [7, 11) is 0. The molecule has 0 saturated heterocycles. The molecule has 0 aliphatic heterocycles. The largest absolute Gasteiger partial charge is 0.329 e. The van der Waals surface area contributed by atoms with Gasteiger partial charge >= 0.3 is 11.8 Å². The van der Waals surface area contributed by atoms with Crippen LogP contribution < -0.4 is 16.1 Å². The molecule has 0 aliphatic rings. The quantitative estimate of drug-likeness (QED) is 0.212. The van der Waals surface area contributed by atoms with E-state index in [1.807, 2.05) is 18.4 Å². The van der Waals surface area contributed by atoms with Gasteiger partial charge in [0.1, 0.15) is 5.02 Å². The van der Waals surface area contributed by atoms with Gasteiger partial charge in [-0.15, -0.1) is 0 Å². The number of carbonyl (C=O) groups excluding carboxylic acids is 3. The van der Waals surface area contributed by atoms with E-state index in [4.69, 9.17) is 11.6 Å². The Balaban J connectivity index is 1.65. The summed E-state index contributed by atoms with van der Waals surface area (Å²) in [6, 6.07) is 17.3. The molecule has 3 amide bonds. The summed E-state index contributed by atoms with van der Waals surface area (Å²) in [5.74, 6) is -2.63. The molecule has 0 atom stereocenters. The first-order valence-corrected chi connectivity index (χ1v) is 10.2. The van der Waals surface area contributed by atoms with Crippen molar-refractivity contribution in [3.63, 3.8) is 0 Å². The van der Waals surface area contributed by atoms with Crippen LogP contribution in [0.25, 0.3) is 0 Å². The van der Waals surface area contributed by atoms with Crippen LogP contribution in [0.5, 0.6) is 0 Å². The number of nitro groups is 1. The van der Waals surface area contributed by atoms with Crippen molar-refractivity contribution in [2.75, 3.05) is 10.6 Å². The molecular formula is C23H18ClN5O5. The SMILES string of the molecule is Cc1cccc(NC(=O)c2ccccc2NC(=O)C(=O)N/N=C/c2ccc(Cl)c([N+](=O)[O-])c2)c1. The third kappa shape index (κ3) is 6.24. The number of hydrogen-bond acceptors (Lipinski definition) is 6. The molecule has 0 heterocycles. The van der Waals surface area contributed by atoms with Crippen molar-refractivity contribution in [3.05, 3.63) is 98.6 Å². The van der Waals surface area contributed by atoms with Gasteiger partial charge in [0.25, 0.3) is 11.6 Å². The Kier molecular flexibility index (Phi) is 7.67. The first kappa shape index (κ1) is 24.1. The molecule has 0 aliphatic carbocycles. The van der Waals surface area contributed by atoms with Crippen molar-refractivity contribution in [1.82, 2.24) is 5.43 Å². The maximum atomic E-state index is 12.7. The number of rotatable bonds is 6. The second-order valence-electron chi connectivity index (χ2n) is 6.99. The molecule has 0 spiro atoms. The Labute approximate surface area is 198 Å². The minimum absolute atomic E-state index is 0.0457. The van der Waals surface area contributed by atoms with E-state index in [-0.39, 0.29) is 27.5 Å². The molecule has 0 bridgehead atoms. The average molecular weight is 480 g/mol. The summed E-state index contributed by atoms with van der Waals surface area (Å²) in [4.78, 5) is 47.4. The van der Waals surface area contributed by atoms with Crippen molar-refractivity contribution in [2.45, 2.75) is 6.92 Å². The molecule has 172 valence electrons. The third-order valence-corrected chi connectivity index (χ3v) is 4.77. The number of hydrogen-bond donors (Lipinski definition) is 3. The van der Waals surface area contributed by atoms with Crippen molar-refractivity contribution < 1.29 is 19.3 Å². The third-order valence-electron chi connectivity index (χ3n) is 4.45. The van der Waals surface area contributed by atoms with Gasteiger partial charge in [0.2, 0.25) is 0 Å². The number of halogens is 1. The smallest absolute Gasteiger partial charge is 0.322 e. The molecule has 0 aromatic heterocycles. The van der Waals surface area contributed by atoms with Gasteiger partial charge in [-0.05, 0) is 42.8 Å². The molecule has 0 unspecified atom stereocenters. The van der Waals surface area contributed by atoms with Crippen molar-refractivity contribution >= 4 is 52.6 Å². The van der Waals surface area contributed by atoms with Gasteiger partial charge in [0.05, 0.1) is 22.4 Å². The normalized spacial score (nSPS) is 10.5. The van der Waals surface area contributed by atoms with Crippen molar-refractivity contribution in [1.29, 1.82) is 0 Å². The second kappa shape index (κ2) is 10.8. The lowest BCUT2D eigenvalue weighted by Crippen LogP contribution is -2.33. The maximum Gasteiger partial charge on any atom is 0.329 e. The second-order valence-corrected chi connectivity index (χ2v) is 7.40. The number of nitrogens with zero attached hydrogens (tertiary/aromatic N) is 2. The van der Waals surface area contributed by atoms with Gasteiger partial charge in [0.15, 0.2) is 0 Å². The lowest BCUT2D eigenvalue weighted by atomic mass is 10.1. The van der Waals surface area contributed by atoms with Crippen LogP contribution >= 0.6 is 11.6 Å². The Morgan fingerprint density at radius 2 is 1.74 bits per heavy atom. The molecule has 11 heteroatoms. The fourth-order valence-electron chi connectivity index (χ4n) is 2.86. The zero-order valence-corrected chi connectivity index (χ0v) is 18.5. The van der Waals surface area contributed by atoms with E-state index >= 15 is 0 Å². The van der Waals surface area contributed by atoms with E-state index in [0.717, 1.165) is 11.8 Å². The standard InChI is InChI=1S/C23H18ClN5O5/c1-14-5-4-6-16(11-14)26-21(30)17-7-2-3-8-19(17)27-22(31)23(32)28-25-13-15-9-10-18(24)20(12-15)29(33)34/h2-13H,1H3,(H,26,30)(H,27,31)(H,28,32)/b25-13+. The number of anilines is 2. The van der Waals surface area contributed by atoms with E-state index in [1.165, 1.54) is 30.3 Å². The topological polar surface area (TPSA) is 143 Å². The van der Waals surface area contributed by atoms with Gasteiger partial charge in [-0.1, -0.05) is 41.9 Å². The number of para-hydroxylation sites is 1. The number of nitrogens with one attached hydrogen (secondary N) is 3. The summed E-state index contributed by atoms with van der Waals surface area (Å²) in [6.45, 7) is 1.89. The molecule has 34 heavy (non-hydrogen) atoms. The number of aryl methyl sites for hydroxylation is 1. The maximum absolute atomic E-state index is 12.7. The Bertz CT molecular complexity index is 1310. The number of benzene rings is 3. The fraction of sp³-hybridized carbons (Fsp3) is 0.0435. The van der Waals surface area contributed by atoms with Crippen LogP contribution in [-0.2, 0) is 9.59 Å². The number of amides is 3. The number of nitro benzene ring substituents is 1. The van der Waals surface area contributed by atoms with Gasteiger partial charge in [-0.3, -0.25) is 24.5 Å². The summed E-state index contributed by atoms with van der Waals surface area (Å²) in [5.41, 5.74) is 3.82. The van der Waals surface area contributed by atoms with Crippen LogP contribution in [0.2, 0.25) is 5.02 Å². The average Bonchev–Trinajstić information content (AvgIpc) is 2.80. The zero-order chi connectivity index (χ0) is 24.7. The molecular weight excluding hydrogens is 462 g/mol. The highest BCUT2D eigenvalue weighted by atomic mass is 35.5. The van der Waals surface area contributed by atoms with Gasteiger partial charge in [-0.25, -0.2) is 5.43 Å². The summed E-state index contributed by atoms with van der Waals surface area (Å²) < 4.78 is 0. The summed E-state index contributed by atoms with van der Waals surface area (Å²) >= 11 is 5.74. The summed E-state index contributed by atoms with van der Waals surface area (Å²) in [6.07, 6.45) is 1.12. The summed E-state index contributed by atoms with van der Waals surface area (Å²) in [5, 5.41) is 19.6. The van der Waals surface area contributed by atoms with Gasteiger partial charge in [0, 0.05) is 17.3 Å². The van der Waals surface area contributed by atoms with Gasteiger partial charge < -0.3 is 10.6 Å². The lowest BCUT2D eigenvalue weighted by molar-refractivity contribution is -0.384. The Morgan fingerprint density at radius 1 is 0.971 bits per heavy atom. The van der Waals surface area contributed by atoms with Crippen LogP contribution in [0, 0.1) is 17.0 Å². The highest BCUT2D eigenvalue weighted by Crippen LogP contribution is 2.24. The van der Waals surface area contributed by atoms with E-state index in [1.54, 1.807) is 30.3 Å². The first-order chi connectivity index (χ1) is 16.2. The monoisotopic (exact) mass is 479 g/mol. The van der Waals surface area contributed by atoms with Crippen LogP contribution in [0.15, 0.2) is 71.8 Å². The van der Waals surface area contributed by atoms with Crippen molar-refractivity contribution in [2.24, 2.45) is 5.10 Å². The molecule has 0 fully saturated rings. The Hall–Kier alpha value is -4.57. The van der Waals surface area contributed by atoms with E-state index < -0.39 is 22.6 Å². The predicted molar refractivity (Wildman–Crippen MR) is 128 cm³/mol. The minimum atomic E-state index is -1.10. The van der Waals surface area contributed by atoms with Crippen LogP contribution in [0.4, 0.5) is 17.1 Å². The molecule has 3 N–H and O–H groups in total. The molecule has 3 aromatic carbocycles. The van der Waals surface area contributed by atoms with Crippen LogP contribution in [-0.4, -0.2) is 28.9 Å². The molecule has 3 aromatic rings. The highest BCUT2D eigenvalue weighted by molar-refractivity contribution is 6.40. The number of carbonyl (C=O) groups is 3. The zero-order valence-electron chi connectivity index (χ0n) is 17.7. The highest BCUT2D eigenvalue weighted by Gasteiger charge is 2.18. The first-order valence-electron chi connectivity index (χ1n) is 9.80. The van der Waals surface area contributed by atoms with E-state index in [0.29, 0.717) is 5.69 Å². The minimum Gasteiger partial charge on any atom is -0.322 e. The molecule has 0 saturated carbocycles. The molecule has 10 nitrogen and oxygen atoms in total. The van der Waals surface area contributed by atoms with Crippen molar-refractivity contribution in [3.8, 4) is 0 Å². The van der Waals surface area contributed by atoms with Crippen LogP contribution in [0.1, 0.15) is 21.5 Å². The van der Waals surface area contributed by atoms with Crippen LogP contribution in [0.3, 0.4) is 0 Å². The van der Waals surface area contributed by atoms with E-state index in [2.05, 4.69) is 15.7 Å². The predicted octanol–water partition coefficient (Wildman–Crippen LogP) is 3.90. The molecule has 0 radical (unpaired) electrons. The molecule has 3 rings (SSSR count).